The van der Waals surface area contributed by atoms with Gasteiger partial charge in [-0.2, -0.15) is 0 Å². The van der Waals surface area contributed by atoms with E-state index in [1.807, 2.05) is 0 Å². The first-order valence-corrected chi connectivity index (χ1v) is 5.65. The van der Waals surface area contributed by atoms with E-state index in [4.69, 9.17) is 45.0 Å². The fourth-order valence-corrected chi connectivity index (χ4v) is 0.847. The fraction of sp³-hybridized carbons (Fsp3) is 0.727. The van der Waals surface area contributed by atoms with Gasteiger partial charge in [0.25, 0.3) is 17.9 Å². The summed E-state index contributed by atoms with van der Waals surface area (Å²) in [6.07, 6.45) is -2.02. The molecule has 0 aliphatic carbocycles. The monoisotopic (exact) mass is 314 g/mol. The Morgan fingerprint density at radius 3 is 1.33 bits per heavy atom. The topological polar surface area (TPSA) is 182 Å². The predicted molar refractivity (Wildman–Crippen MR) is 68.5 cm³/mol. The van der Waals surface area contributed by atoms with Gasteiger partial charge in [-0.15, -0.1) is 0 Å². The SMILES string of the molecule is CC(=O)O.CC(=O)O.CC(=O)O.OC[C@@H]1C[C@H](O)C(O)O1. The van der Waals surface area contributed by atoms with E-state index in [0.717, 1.165) is 20.8 Å². The second-order valence-electron chi connectivity index (χ2n) is 3.69. The molecule has 0 aromatic heterocycles. The highest BCUT2D eigenvalue weighted by Crippen LogP contribution is 2.17. The number of carboxylic acid groups (broad SMARTS) is 3. The lowest BCUT2D eigenvalue weighted by molar-refractivity contribution is -0.135. The van der Waals surface area contributed by atoms with E-state index in [-0.39, 0.29) is 6.61 Å². The molecule has 0 amide bonds. The number of hydrogen-bond donors (Lipinski definition) is 6. The summed E-state index contributed by atoms with van der Waals surface area (Å²) in [7, 11) is 0. The molecule has 126 valence electrons. The van der Waals surface area contributed by atoms with Gasteiger partial charge < -0.3 is 35.4 Å². The molecule has 1 fully saturated rings. The number of aliphatic hydroxyl groups is 3. The average Bonchev–Trinajstić information content (AvgIpc) is 2.56. The van der Waals surface area contributed by atoms with Crippen LogP contribution >= 0.6 is 0 Å². The van der Waals surface area contributed by atoms with Gasteiger partial charge in [0.1, 0.15) is 6.10 Å². The quantitative estimate of drug-likeness (QED) is 0.341. The van der Waals surface area contributed by atoms with Gasteiger partial charge >= 0.3 is 0 Å². The molecule has 6 N–H and O–H groups in total. The summed E-state index contributed by atoms with van der Waals surface area (Å²) in [4.78, 5) is 27.0. The number of aliphatic carboxylic acids is 3. The maximum absolute atomic E-state index is 9.00. The minimum Gasteiger partial charge on any atom is -0.481 e. The molecule has 1 aliphatic heterocycles. The largest absolute Gasteiger partial charge is 0.481 e. The molecule has 3 atom stereocenters. The molecule has 21 heavy (non-hydrogen) atoms. The maximum Gasteiger partial charge on any atom is 0.300 e. The van der Waals surface area contributed by atoms with Crippen LogP contribution in [-0.4, -0.2) is 73.7 Å². The zero-order chi connectivity index (χ0) is 17.6. The van der Waals surface area contributed by atoms with Crippen molar-refractivity contribution in [3.8, 4) is 0 Å². The Kier molecular flexibility index (Phi) is 16.9. The summed E-state index contributed by atoms with van der Waals surface area (Å²) in [6, 6.07) is 0. The molecule has 0 aromatic rings. The van der Waals surface area contributed by atoms with E-state index in [0.29, 0.717) is 6.42 Å². The number of carbonyl (C=O) groups is 3. The minimum atomic E-state index is -1.11. The Balaban J connectivity index is -0.000000230. The first-order valence-electron chi connectivity index (χ1n) is 5.65. The van der Waals surface area contributed by atoms with Crippen molar-refractivity contribution in [3.63, 3.8) is 0 Å². The Morgan fingerprint density at radius 2 is 1.24 bits per heavy atom. The summed E-state index contributed by atoms with van der Waals surface area (Å²) < 4.78 is 4.68. The predicted octanol–water partition coefficient (Wildman–Crippen LogP) is -1.28. The van der Waals surface area contributed by atoms with Gasteiger partial charge in [-0.05, 0) is 0 Å². The van der Waals surface area contributed by atoms with Crippen LogP contribution in [0.25, 0.3) is 0 Å². The molecular formula is C11H22O10. The van der Waals surface area contributed by atoms with Crippen LogP contribution in [0.2, 0.25) is 0 Å². The number of aliphatic hydroxyl groups excluding tert-OH is 3. The molecule has 0 aromatic carbocycles. The number of carboxylic acids is 3. The van der Waals surface area contributed by atoms with Crippen molar-refractivity contribution in [2.75, 3.05) is 6.61 Å². The van der Waals surface area contributed by atoms with Crippen molar-refractivity contribution in [1.82, 2.24) is 0 Å². The van der Waals surface area contributed by atoms with E-state index >= 15 is 0 Å². The molecule has 10 nitrogen and oxygen atoms in total. The normalized spacial score (nSPS) is 22.3. The lowest BCUT2D eigenvalue weighted by atomic mass is 10.2. The summed E-state index contributed by atoms with van der Waals surface area (Å²) in [6.45, 7) is 3.11. The molecule has 0 saturated carbocycles. The summed E-state index contributed by atoms with van der Waals surface area (Å²) in [5.74, 6) is -2.50. The highest BCUT2D eigenvalue weighted by molar-refractivity contribution is 5.63. The number of ether oxygens (including phenoxy) is 1. The van der Waals surface area contributed by atoms with E-state index in [9.17, 15) is 0 Å². The Labute approximate surface area is 121 Å². The highest BCUT2D eigenvalue weighted by atomic mass is 16.6. The maximum atomic E-state index is 9.00. The average molecular weight is 314 g/mol. The zero-order valence-corrected chi connectivity index (χ0v) is 12.0. The molecule has 1 saturated heterocycles. The minimum absolute atomic E-state index is 0.145. The molecular weight excluding hydrogens is 292 g/mol. The third-order valence-electron chi connectivity index (χ3n) is 1.37. The van der Waals surface area contributed by atoms with Crippen molar-refractivity contribution in [1.29, 1.82) is 0 Å². The Bertz CT molecular complexity index is 253. The molecule has 1 rings (SSSR count). The van der Waals surface area contributed by atoms with E-state index in [2.05, 4.69) is 4.74 Å². The summed E-state index contributed by atoms with van der Waals surface area (Å²) in [5.41, 5.74) is 0. The number of hydrogen-bond acceptors (Lipinski definition) is 7. The third kappa shape index (κ3) is 32.1. The van der Waals surface area contributed by atoms with E-state index < -0.39 is 36.4 Å². The van der Waals surface area contributed by atoms with Crippen molar-refractivity contribution in [3.05, 3.63) is 0 Å². The molecule has 1 aliphatic rings. The van der Waals surface area contributed by atoms with Crippen LogP contribution < -0.4 is 0 Å². The summed E-state index contributed by atoms with van der Waals surface area (Å²) in [5, 5.41) is 48.2. The first-order chi connectivity index (χ1) is 9.43. The zero-order valence-electron chi connectivity index (χ0n) is 12.0. The van der Waals surface area contributed by atoms with E-state index in [1.165, 1.54) is 0 Å². The van der Waals surface area contributed by atoms with Crippen LogP contribution in [0.1, 0.15) is 27.2 Å². The summed E-state index contributed by atoms with van der Waals surface area (Å²) >= 11 is 0. The van der Waals surface area contributed by atoms with Crippen molar-refractivity contribution >= 4 is 17.9 Å². The van der Waals surface area contributed by atoms with Gasteiger partial charge in [-0.3, -0.25) is 14.4 Å². The molecule has 0 radical (unpaired) electrons. The van der Waals surface area contributed by atoms with Crippen molar-refractivity contribution < 1.29 is 49.8 Å². The van der Waals surface area contributed by atoms with Crippen LogP contribution in [0.4, 0.5) is 0 Å². The molecule has 0 spiro atoms. The van der Waals surface area contributed by atoms with Gasteiger partial charge in [-0.25, -0.2) is 0 Å². The van der Waals surface area contributed by atoms with Gasteiger partial charge in [0, 0.05) is 27.2 Å². The highest BCUT2D eigenvalue weighted by Gasteiger charge is 2.31. The molecule has 1 heterocycles. The van der Waals surface area contributed by atoms with Crippen molar-refractivity contribution in [2.45, 2.75) is 45.7 Å². The van der Waals surface area contributed by atoms with Crippen LogP contribution in [0, 0.1) is 0 Å². The molecule has 10 heteroatoms. The smallest absolute Gasteiger partial charge is 0.300 e. The Hall–Kier alpha value is -1.75. The second-order valence-corrected chi connectivity index (χ2v) is 3.69. The molecule has 0 bridgehead atoms. The van der Waals surface area contributed by atoms with Crippen LogP contribution in [0.5, 0.6) is 0 Å². The Morgan fingerprint density at radius 1 is 0.952 bits per heavy atom. The van der Waals surface area contributed by atoms with Crippen LogP contribution in [0.15, 0.2) is 0 Å². The van der Waals surface area contributed by atoms with E-state index in [1.54, 1.807) is 0 Å². The molecule has 1 unspecified atom stereocenters. The third-order valence-corrected chi connectivity index (χ3v) is 1.37. The van der Waals surface area contributed by atoms with Gasteiger partial charge in [0.05, 0.1) is 12.7 Å². The number of rotatable bonds is 1. The van der Waals surface area contributed by atoms with Gasteiger partial charge in [0.15, 0.2) is 6.29 Å². The van der Waals surface area contributed by atoms with Crippen LogP contribution in [-0.2, 0) is 19.1 Å². The lowest BCUT2D eigenvalue weighted by Gasteiger charge is -2.04. The standard InChI is InChI=1S/C5H10O4.3C2H4O2/c6-2-3-1-4(7)5(8)9-3;3*1-2(3)4/h3-8H,1-2H2;3*1H3,(H,3,4)/t3-,4-,5?;;;/m0.../s1. The van der Waals surface area contributed by atoms with Gasteiger partial charge in [0.2, 0.25) is 0 Å². The lowest BCUT2D eigenvalue weighted by Crippen LogP contribution is -2.19. The van der Waals surface area contributed by atoms with Crippen molar-refractivity contribution in [2.24, 2.45) is 0 Å². The first kappa shape index (κ1) is 24.3. The second kappa shape index (κ2) is 14.7. The fourth-order valence-electron chi connectivity index (χ4n) is 0.847. The van der Waals surface area contributed by atoms with Gasteiger partial charge in [-0.1, -0.05) is 0 Å². The van der Waals surface area contributed by atoms with Crippen LogP contribution in [0.3, 0.4) is 0 Å².